The molecule has 0 spiro atoms. The van der Waals surface area contributed by atoms with Gasteiger partial charge in [-0.3, -0.25) is 0 Å². The summed E-state index contributed by atoms with van der Waals surface area (Å²) in [7, 11) is -1.78. The van der Waals surface area contributed by atoms with Crippen molar-refractivity contribution >= 4 is 16.0 Å². The van der Waals surface area contributed by atoms with Crippen LogP contribution < -0.4 is 9.47 Å². The predicted octanol–water partition coefficient (Wildman–Crippen LogP) is 1.78. The molecule has 0 heterocycles. The number of carbonyl (C=O) groups excluding carboxylic acids is 1. The molecule has 0 aliphatic carbocycles. The first-order valence-electron chi connectivity index (χ1n) is 5.55. The lowest BCUT2D eigenvalue weighted by atomic mass is 10.2. The third-order valence-electron chi connectivity index (χ3n) is 2.13. The lowest BCUT2D eigenvalue weighted by molar-refractivity contribution is 0.104. The van der Waals surface area contributed by atoms with Gasteiger partial charge in [-0.05, 0) is 25.1 Å². The number of hydrogen-bond donors (Lipinski definition) is 0. The van der Waals surface area contributed by atoms with Crippen LogP contribution in [0.1, 0.15) is 12.5 Å². The summed E-state index contributed by atoms with van der Waals surface area (Å²) >= 11 is 0. The highest BCUT2D eigenvalue weighted by Crippen LogP contribution is 2.26. The zero-order valence-corrected chi connectivity index (χ0v) is 11.8. The average molecular weight is 288 g/mol. The van der Waals surface area contributed by atoms with E-state index in [1.165, 1.54) is 25.3 Å². The normalized spacial score (nSPS) is 10.9. The van der Waals surface area contributed by atoms with Gasteiger partial charge in [-0.1, -0.05) is 0 Å². The molecule has 1 aromatic rings. The number of sulfone groups is 1. The maximum Gasteiger partial charge on any atom is 0.513 e. The SMILES string of the molecule is CCOC(=O)Oc1ccc(OC)c(CS(C)(=O)=O)c1. The first kappa shape index (κ1) is 15.3. The Morgan fingerprint density at radius 2 is 2.00 bits per heavy atom. The third-order valence-corrected chi connectivity index (χ3v) is 2.97. The quantitative estimate of drug-likeness (QED) is 0.607. The average Bonchev–Trinajstić information content (AvgIpc) is 2.27. The van der Waals surface area contributed by atoms with Crippen molar-refractivity contribution in [1.29, 1.82) is 0 Å². The maximum absolute atomic E-state index is 11.3. The molecule has 0 fully saturated rings. The highest BCUT2D eigenvalue weighted by atomic mass is 32.2. The Balaban J connectivity index is 2.98. The van der Waals surface area contributed by atoms with Gasteiger partial charge >= 0.3 is 6.16 Å². The van der Waals surface area contributed by atoms with Gasteiger partial charge in [-0.15, -0.1) is 0 Å². The summed E-state index contributed by atoms with van der Waals surface area (Å²) in [6.45, 7) is 1.86. The van der Waals surface area contributed by atoms with Gasteiger partial charge in [0.15, 0.2) is 9.84 Å². The molecule has 106 valence electrons. The molecule has 0 unspecified atom stereocenters. The topological polar surface area (TPSA) is 78.9 Å². The Hall–Kier alpha value is -1.76. The van der Waals surface area contributed by atoms with Crippen LogP contribution in [0, 0.1) is 0 Å². The standard InChI is InChI=1S/C12H16O6S/c1-4-17-12(13)18-10-5-6-11(16-2)9(7-10)8-19(3,14)15/h5-7H,4,8H2,1-3H3. The van der Waals surface area contributed by atoms with E-state index in [1.807, 2.05) is 0 Å². The van der Waals surface area contributed by atoms with E-state index in [4.69, 9.17) is 9.47 Å². The van der Waals surface area contributed by atoms with Crippen molar-refractivity contribution in [2.45, 2.75) is 12.7 Å². The van der Waals surface area contributed by atoms with Gasteiger partial charge in [-0.25, -0.2) is 13.2 Å². The molecule has 0 aliphatic heterocycles. The minimum absolute atomic E-state index is 0.198. The predicted molar refractivity (Wildman–Crippen MR) is 69.2 cm³/mol. The van der Waals surface area contributed by atoms with Crippen LogP contribution in [0.3, 0.4) is 0 Å². The number of benzene rings is 1. The van der Waals surface area contributed by atoms with E-state index in [1.54, 1.807) is 6.92 Å². The fourth-order valence-electron chi connectivity index (χ4n) is 1.46. The van der Waals surface area contributed by atoms with Crippen molar-refractivity contribution in [2.75, 3.05) is 20.0 Å². The van der Waals surface area contributed by atoms with Crippen LogP contribution in [0.5, 0.6) is 11.5 Å². The molecule has 0 N–H and O–H groups in total. The smallest absolute Gasteiger partial charge is 0.496 e. The summed E-state index contributed by atoms with van der Waals surface area (Å²) < 4.78 is 37.2. The molecular weight excluding hydrogens is 272 g/mol. The number of methoxy groups -OCH3 is 1. The molecule has 0 bridgehead atoms. The Morgan fingerprint density at radius 1 is 1.32 bits per heavy atom. The number of hydrogen-bond acceptors (Lipinski definition) is 6. The molecule has 0 radical (unpaired) electrons. The summed E-state index contributed by atoms with van der Waals surface area (Å²) in [6.07, 6.45) is 0.281. The van der Waals surface area contributed by atoms with Crippen molar-refractivity contribution in [3.8, 4) is 11.5 Å². The van der Waals surface area contributed by atoms with Gasteiger partial charge in [0.05, 0.1) is 19.5 Å². The monoisotopic (exact) mass is 288 g/mol. The number of carbonyl (C=O) groups is 1. The molecule has 0 atom stereocenters. The van der Waals surface area contributed by atoms with Gasteiger partial charge in [0, 0.05) is 11.8 Å². The van der Waals surface area contributed by atoms with E-state index in [-0.39, 0.29) is 18.1 Å². The van der Waals surface area contributed by atoms with E-state index in [2.05, 4.69) is 4.74 Å². The van der Waals surface area contributed by atoms with Crippen molar-refractivity contribution < 1.29 is 27.4 Å². The molecule has 19 heavy (non-hydrogen) atoms. The molecule has 1 aromatic carbocycles. The number of ether oxygens (including phenoxy) is 3. The summed E-state index contributed by atoms with van der Waals surface area (Å²) in [5, 5.41) is 0. The molecule has 0 saturated heterocycles. The van der Waals surface area contributed by atoms with E-state index in [0.717, 1.165) is 6.26 Å². The zero-order chi connectivity index (χ0) is 14.5. The van der Waals surface area contributed by atoms with E-state index in [0.29, 0.717) is 11.3 Å². The Kier molecular flexibility index (Phi) is 5.17. The van der Waals surface area contributed by atoms with Crippen molar-refractivity contribution in [1.82, 2.24) is 0 Å². The minimum atomic E-state index is -3.22. The number of rotatable bonds is 5. The summed E-state index contributed by atoms with van der Waals surface area (Å²) in [4.78, 5) is 11.2. The highest BCUT2D eigenvalue weighted by molar-refractivity contribution is 7.89. The van der Waals surface area contributed by atoms with Crippen LogP contribution in [0.15, 0.2) is 18.2 Å². The molecule has 7 heteroatoms. The Morgan fingerprint density at radius 3 is 2.53 bits per heavy atom. The van der Waals surface area contributed by atoms with E-state index >= 15 is 0 Å². The van der Waals surface area contributed by atoms with E-state index < -0.39 is 16.0 Å². The summed E-state index contributed by atoms with van der Waals surface area (Å²) in [5.41, 5.74) is 0.423. The Labute approximate surface area is 112 Å². The van der Waals surface area contributed by atoms with Crippen molar-refractivity contribution in [3.63, 3.8) is 0 Å². The first-order valence-corrected chi connectivity index (χ1v) is 7.61. The largest absolute Gasteiger partial charge is 0.513 e. The maximum atomic E-state index is 11.3. The first-order chi connectivity index (χ1) is 8.85. The van der Waals surface area contributed by atoms with Gasteiger partial charge in [0.2, 0.25) is 0 Å². The van der Waals surface area contributed by atoms with Crippen LogP contribution in [0.25, 0.3) is 0 Å². The molecule has 1 rings (SSSR count). The molecule has 0 aliphatic rings. The van der Waals surface area contributed by atoms with Crippen LogP contribution in [0.2, 0.25) is 0 Å². The second-order valence-corrected chi connectivity index (χ2v) is 5.97. The molecule has 6 nitrogen and oxygen atoms in total. The van der Waals surface area contributed by atoms with Crippen LogP contribution in [-0.4, -0.2) is 34.5 Å². The van der Waals surface area contributed by atoms with Crippen molar-refractivity contribution in [2.24, 2.45) is 0 Å². The molecule has 0 amide bonds. The van der Waals surface area contributed by atoms with Crippen LogP contribution >= 0.6 is 0 Å². The second-order valence-electron chi connectivity index (χ2n) is 3.83. The highest BCUT2D eigenvalue weighted by Gasteiger charge is 2.13. The van der Waals surface area contributed by atoms with E-state index in [9.17, 15) is 13.2 Å². The Bertz CT molecular complexity index is 549. The third kappa shape index (κ3) is 5.17. The van der Waals surface area contributed by atoms with Gasteiger partial charge in [0.25, 0.3) is 0 Å². The lowest BCUT2D eigenvalue weighted by Crippen LogP contribution is -2.10. The van der Waals surface area contributed by atoms with Crippen LogP contribution in [-0.2, 0) is 20.3 Å². The second kappa shape index (κ2) is 6.42. The van der Waals surface area contributed by atoms with Gasteiger partial charge < -0.3 is 14.2 Å². The zero-order valence-electron chi connectivity index (χ0n) is 11.0. The molecule has 0 aromatic heterocycles. The van der Waals surface area contributed by atoms with Gasteiger partial charge in [-0.2, -0.15) is 0 Å². The van der Waals surface area contributed by atoms with Gasteiger partial charge in [0.1, 0.15) is 11.5 Å². The lowest BCUT2D eigenvalue weighted by Gasteiger charge is -2.10. The van der Waals surface area contributed by atoms with Crippen molar-refractivity contribution in [3.05, 3.63) is 23.8 Å². The fourth-order valence-corrected chi connectivity index (χ4v) is 2.25. The summed E-state index contributed by atoms with van der Waals surface area (Å²) in [5.74, 6) is 0.426. The minimum Gasteiger partial charge on any atom is -0.496 e. The van der Waals surface area contributed by atoms with Crippen LogP contribution in [0.4, 0.5) is 4.79 Å². The fraction of sp³-hybridized carbons (Fsp3) is 0.417. The molecule has 0 saturated carbocycles. The summed E-state index contributed by atoms with van der Waals surface area (Å²) in [6, 6.07) is 4.48. The molecular formula is C12H16O6S.